The molecule has 1 heterocycles. The predicted octanol–water partition coefficient (Wildman–Crippen LogP) is 3.43. The largest absolute Gasteiger partial charge is 0.333 e. The molecule has 1 N–H and O–H groups in total. The summed E-state index contributed by atoms with van der Waals surface area (Å²) >= 11 is 11.9. The topological polar surface area (TPSA) is 70.7 Å². The molecule has 114 valence electrons. The first-order chi connectivity index (χ1) is 10.2. The summed E-state index contributed by atoms with van der Waals surface area (Å²) in [6.07, 6.45) is 0. The van der Waals surface area contributed by atoms with E-state index in [1.54, 1.807) is 49.8 Å². The number of carbonyl (C=O) groups excluding carboxylic acids is 1. The Morgan fingerprint density at radius 3 is 2.59 bits per heavy atom. The third-order valence-corrected chi connectivity index (χ3v) is 3.77. The van der Waals surface area contributed by atoms with Crippen LogP contribution in [0.15, 0.2) is 24.3 Å². The molecule has 0 unspecified atom stereocenters. The number of nitriles is 1. The van der Waals surface area contributed by atoms with Crippen molar-refractivity contribution in [1.29, 1.82) is 5.26 Å². The van der Waals surface area contributed by atoms with Gasteiger partial charge in [-0.2, -0.15) is 10.4 Å². The lowest BCUT2D eigenvalue weighted by Crippen LogP contribution is -2.42. The number of amides is 1. The number of aryl methyl sites for hydroxylation is 1. The van der Waals surface area contributed by atoms with Crippen LogP contribution in [0.1, 0.15) is 24.3 Å². The van der Waals surface area contributed by atoms with Crippen molar-refractivity contribution >= 4 is 29.1 Å². The molecule has 0 aliphatic rings. The Labute approximate surface area is 138 Å². The van der Waals surface area contributed by atoms with Crippen LogP contribution in [-0.4, -0.2) is 21.2 Å². The van der Waals surface area contributed by atoms with Gasteiger partial charge in [0.15, 0.2) is 5.69 Å². The van der Waals surface area contributed by atoms with Crippen LogP contribution in [0, 0.1) is 11.3 Å². The van der Waals surface area contributed by atoms with Crippen molar-refractivity contribution in [3.8, 4) is 17.3 Å². The first-order valence-electron chi connectivity index (χ1n) is 6.47. The monoisotopic (exact) mass is 336 g/mol. The van der Waals surface area contributed by atoms with E-state index < -0.39 is 11.4 Å². The van der Waals surface area contributed by atoms with E-state index in [1.165, 1.54) is 0 Å². The van der Waals surface area contributed by atoms with Crippen molar-refractivity contribution in [2.75, 3.05) is 0 Å². The standard InChI is InChI=1S/C15H14Cl2N4O/c1-15(2,8-18)19-14(22)12-7-13(21(3)20-12)9-4-5-10(16)11(17)6-9/h4-7H,1-3H3,(H,19,22). The third kappa shape index (κ3) is 3.41. The van der Waals surface area contributed by atoms with Crippen LogP contribution in [0.3, 0.4) is 0 Å². The van der Waals surface area contributed by atoms with Crippen LogP contribution in [0.25, 0.3) is 11.3 Å². The fraction of sp³-hybridized carbons (Fsp3) is 0.267. The number of hydrogen-bond donors (Lipinski definition) is 1. The Bertz CT molecular complexity index is 774. The van der Waals surface area contributed by atoms with Gasteiger partial charge in [-0.25, -0.2) is 0 Å². The summed E-state index contributed by atoms with van der Waals surface area (Å²) in [6.45, 7) is 3.24. The molecule has 22 heavy (non-hydrogen) atoms. The van der Waals surface area contributed by atoms with Gasteiger partial charge in [-0.1, -0.05) is 29.3 Å². The van der Waals surface area contributed by atoms with Crippen LogP contribution in [-0.2, 0) is 7.05 Å². The molecule has 0 fully saturated rings. The molecule has 2 aromatic rings. The van der Waals surface area contributed by atoms with E-state index in [2.05, 4.69) is 10.4 Å². The molecule has 1 amide bonds. The second-order valence-corrected chi connectivity index (χ2v) is 6.17. The van der Waals surface area contributed by atoms with Crippen molar-refractivity contribution in [1.82, 2.24) is 15.1 Å². The highest BCUT2D eigenvalue weighted by molar-refractivity contribution is 6.42. The molecule has 1 aromatic carbocycles. The minimum absolute atomic E-state index is 0.229. The Kier molecular flexibility index (Phi) is 4.45. The minimum Gasteiger partial charge on any atom is -0.333 e. The van der Waals surface area contributed by atoms with Gasteiger partial charge in [-0.05, 0) is 32.0 Å². The Hall–Kier alpha value is -2.03. The lowest BCUT2D eigenvalue weighted by molar-refractivity contribution is 0.0923. The van der Waals surface area contributed by atoms with E-state index in [0.29, 0.717) is 10.0 Å². The van der Waals surface area contributed by atoms with Gasteiger partial charge in [0.25, 0.3) is 5.91 Å². The number of hydrogen-bond acceptors (Lipinski definition) is 3. The lowest BCUT2D eigenvalue weighted by Gasteiger charge is -2.16. The molecule has 2 rings (SSSR count). The Balaban J connectivity index is 2.34. The maximum atomic E-state index is 12.2. The average Bonchev–Trinajstić information content (AvgIpc) is 2.84. The van der Waals surface area contributed by atoms with Crippen LogP contribution in [0.4, 0.5) is 0 Å². The molecule has 0 saturated carbocycles. The first-order valence-corrected chi connectivity index (χ1v) is 7.22. The summed E-state index contributed by atoms with van der Waals surface area (Å²) in [6, 6.07) is 8.84. The molecule has 0 spiro atoms. The molecule has 0 saturated heterocycles. The Morgan fingerprint density at radius 1 is 1.32 bits per heavy atom. The van der Waals surface area contributed by atoms with Gasteiger partial charge in [0.1, 0.15) is 5.54 Å². The second-order valence-electron chi connectivity index (χ2n) is 5.36. The lowest BCUT2D eigenvalue weighted by atomic mass is 10.1. The number of nitrogens with zero attached hydrogens (tertiary/aromatic N) is 3. The van der Waals surface area contributed by atoms with Crippen molar-refractivity contribution in [3.05, 3.63) is 40.0 Å². The molecular formula is C15H14Cl2N4O. The van der Waals surface area contributed by atoms with Crippen molar-refractivity contribution in [2.45, 2.75) is 19.4 Å². The molecule has 0 bridgehead atoms. The van der Waals surface area contributed by atoms with Gasteiger partial charge in [-0.3, -0.25) is 9.48 Å². The first kappa shape index (κ1) is 16.3. The van der Waals surface area contributed by atoms with Gasteiger partial charge in [0.2, 0.25) is 0 Å². The summed E-state index contributed by atoms with van der Waals surface area (Å²) in [5, 5.41) is 16.6. The van der Waals surface area contributed by atoms with Crippen molar-refractivity contribution in [3.63, 3.8) is 0 Å². The van der Waals surface area contributed by atoms with Gasteiger partial charge in [0, 0.05) is 12.6 Å². The molecule has 0 radical (unpaired) electrons. The number of halogens is 2. The van der Waals surface area contributed by atoms with Gasteiger partial charge in [0.05, 0.1) is 21.8 Å². The van der Waals surface area contributed by atoms with E-state index in [1.807, 2.05) is 6.07 Å². The number of nitrogens with one attached hydrogen (secondary N) is 1. The SMILES string of the molecule is Cn1nc(C(=O)NC(C)(C)C#N)cc1-c1ccc(Cl)c(Cl)c1. The zero-order valence-electron chi connectivity index (χ0n) is 12.3. The number of rotatable bonds is 3. The quantitative estimate of drug-likeness (QED) is 0.933. The van der Waals surface area contributed by atoms with E-state index in [4.69, 9.17) is 28.5 Å². The summed E-state index contributed by atoms with van der Waals surface area (Å²) in [5.41, 5.74) is 0.784. The normalized spacial score (nSPS) is 11.1. The van der Waals surface area contributed by atoms with Crippen LogP contribution < -0.4 is 5.32 Å². The van der Waals surface area contributed by atoms with Gasteiger partial charge in [-0.15, -0.1) is 0 Å². The van der Waals surface area contributed by atoms with Crippen molar-refractivity contribution in [2.24, 2.45) is 7.05 Å². The van der Waals surface area contributed by atoms with E-state index in [0.717, 1.165) is 11.3 Å². The van der Waals surface area contributed by atoms with Gasteiger partial charge < -0.3 is 5.32 Å². The minimum atomic E-state index is -0.960. The van der Waals surface area contributed by atoms with Gasteiger partial charge >= 0.3 is 0 Å². The molecule has 0 aliphatic carbocycles. The van der Waals surface area contributed by atoms with Crippen LogP contribution >= 0.6 is 23.2 Å². The van der Waals surface area contributed by atoms with Crippen molar-refractivity contribution < 1.29 is 4.79 Å². The zero-order valence-corrected chi connectivity index (χ0v) is 13.8. The summed E-state index contributed by atoms with van der Waals surface area (Å²) in [4.78, 5) is 12.2. The summed E-state index contributed by atoms with van der Waals surface area (Å²) < 4.78 is 1.58. The molecule has 1 aromatic heterocycles. The second kappa shape index (κ2) is 5.99. The van der Waals surface area contributed by atoms with Crippen LogP contribution in [0.2, 0.25) is 10.0 Å². The molecular weight excluding hydrogens is 323 g/mol. The highest BCUT2D eigenvalue weighted by Gasteiger charge is 2.22. The summed E-state index contributed by atoms with van der Waals surface area (Å²) in [5.74, 6) is -0.409. The number of benzene rings is 1. The van der Waals surface area contributed by atoms with Crippen LogP contribution in [0.5, 0.6) is 0 Å². The number of aromatic nitrogens is 2. The smallest absolute Gasteiger partial charge is 0.273 e. The highest BCUT2D eigenvalue weighted by atomic mass is 35.5. The van der Waals surface area contributed by atoms with E-state index in [-0.39, 0.29) is 5.69 Å². The molecule has 7 heteroatoms. The average molecular weight is 337 g/mol. The molecule has 5 nitrogen and oxygen atoms in total. The maximum absolute atomic E-state index is 12.2. The Morgan fingerprint density at radius 2 is 2.00 bits per heavy atom. The summed E-state index contributed by atoms with van der Waals surface area (Å²) in [7, 11) is 1.73. The number of carbonyl (C=O) groups is 1. The molecule has 0 aliphatic heterocycles. The fourth-order valence-corrected chi connectivity index (χ4v) is 2.18. The van der Waals surface area contributed by atoms with E-state index >= 15 is 0 Å². The maximum Gasteiger partial charge on any atom is 0.273 e. The predicted molar refractivity (Wildman–Crippen MR) is 85.8 cm³/mol. The molecule has 0 atom stereocenters. The van der Waals surface area contributed by atoms with E-state index in [9.17, 15) is 4.79 Å². The fourth-order valence-electron chi connectivity index (χ4n) is 1.88. The zero-order chi connectivity index (χ0) is 16.5. The third-order valence-electron chi connectivity index (χ3n) is 3.03. The highest BCUT2D eigenvalue weighted by Crippen LogP contribution is 2.28.